The molecule has 9 heteroatoms. The summed E-state index contributed by atoms with van der Waals surface area (Å²) in [7, 11) is -2.47. The van der Waals surface area contributed by atoms with E-state index in [1.54, 1.807) is 30.3 Å². The smallest absolute Gasteiger partial charge is 0.338 e. The molecular weight excluding hydrogens is 446 g/mol. The van der Waals surface area contributed by atoms with Gasteiger partial charge in [-0.2, -0.15) is 0 Å². The Kier molecular flexibility index (Phi) is 5.97. The van der Waals surface area contributed by atoms with Gasteiger partial charge in [-0.05, 0) is 36.4 Å². The second-order valence-corrected chi connectivity index (χ2v) is 9.09. The van der Waals surface area contributed by atoms with E-state index in [1.807, 2.05) is 0 Å². The summed E-state index contributed by atoms with van der Waals surface area (Å²) in [6, 6.07) is 16.7. The van der Waals surface area contributed by atoms with E-state index in [0.29, 0.717) is 5.75 Å². The summed E-state index contributed by atoms with van der Waals surface area (Å²) in [5, 5.41) is 2.62. The number of carbonyl (C=O) groups excluding carboxylic acids is 3. The minimum Gasteiger partial charge on any atom is -0.496 e. The van der Waals surface area contributed by atoms with Crippen LogP contribution < -0.4 is 10.1 Å². The third-order valence-corrected chi connectivity index (χ3v) is 7.03. The molecule has 0 atom stereocenters. The van der Waals surface area contributed by atoms with Gasteiger partial charge in [0, 0.05) is 23.2 Å². The Morgan fingerprint density at radius 1 is 0.909 bits per heavy atom. The zero-order valence-electron chi connectivity index (χ0n) is 17.5. The number of carbonyl (C=O) groups is 3. The summed E-state index contributed by atoms with van der Waals surface area (Å²) in [4.78, 5) is 36.9. The van der Waals surface area contributed by atoms with Crippen molar-refractivity contribution in [2.45, 2.75) is 16.3 Å². The van der Waals surface area contributed by atoms with E-state index in [2.05, 4.69) is 5.32 Å². The highest BCUT2D eigenvalue weighted by Crippen LogP contribution is 2.34. The van der Waals surface area contributed by atoms with Crippen molar-refractivity contribution < 1.29 is 32.3 Å². The predicted molar refractivity (Wildman–Crippen MR) is 117 cm³/mol. The molecule has 0 fully saturated rings. The number of hydrogen-bond donors (Lipinski definition) is 1. The van der Waals surface area contributed by atoms with Crippen molar-refractivity contribution in [2.24, 2.45) is 0 Å². The Bertz CT molecular complexity index is 1380. The topological polar surface area (TPSA) is 116 Å². The standard InChI is InChI=1S/C24H19NO7S/c1-31-19-8-4-2-6-16(19)13-25-22(26)14-32-24(28)15-10-11-18-21(12-15)33(29,30)20-9-5-3-7-17(20)23(18)27/h2-12H,13-14H2,1H3,(H,25,26). The number of para-hydroxylation sites is 1. The molecular formula is C24H19NO7S. The van der Waals surface area contributed by atoms with Crippen molar-refractivity contribution in [1.82, 2.24) is 5.32 Å². The van der Waals surface area contributed by atoms with E-state index in [0.717, 1.165) is 11.6 Å². The fourth-order valence-corrected chi connectivity index (χ4v) is 5.20. The van der Waals surface area contributed by atoms with Crippen LogP contribution in [0.4, 0.5) is 0 Å². The highest BCUT2D eigenvalue weighted by molar-refractivity contribution is 7.91. The van der Waals surface area contributed by atoms with Gasteiger partial charge in [0.15, 0.2) is 12.4 Å². The van der Waals surface area contributed by atoms with Gasteiger partial charge in [-0.1, -0.05) is 30.3 Å². The first-order chi connectivity index (χ1) is 15.8. The van der Waals surface area contributed by atoms with Gasteiger partial charge in [0.05, 0.1) is 22.5 Å². The Balaban J connectivity index is 1.45. The molecule has 0 saturated heterocycles. The number of nitrogens with one attached hydrogen (secondary N) is 1. The van der Waals surface area contributed by atoms with Gasteiger partial charge in [0.25, 0.3) is 5.91 Å². The molecule has 0 aromatic heterocycles. The Morgan fingerprint density at radius 2 is 1.61 bits per heavy atom. The number of hydrogen-bond acceptors (Lipinski definition) is 7. The normalized spacial score (nSPS) is 13.4. The summed E-state index contributed by atoms with van der Waals surface area (Å²) in [5.41, 5.74) is 0.749. The van der Waals surface area contributed by atoms with E-state index in [-0.39, 0.29) is 33.0 Å². The van der Waals surface area contributed by atoms with Crippen LogP contribution in [0.15, 0.2) is 76.5 Å². The number of ether oxygens (including phenoxy) is 2. The van der Waals surface area contributed by atoms with Crippen molar-refractivity contribution in [2.75, 3.05) is 13.7 Å². The van der Waals surface area contributed by atoms with Gasteiger partial charge in [-0.15, -0.1) is 0 Å². The molecule has 1 heterocycles. The number of sulfone groups is 1. The van der Waals surface area contributed by atoms with Crippen molar-refractivity contribution in [3.05, 3.63) is 89.0 Å². The van der Waals surface area contributed by atoms with Crippen LogP contribution in [0, 0.1) is 0 Å². The highest BCUT2D eigenvalue weighted by Gasteiger charge is 2.35. The van der Waals surface area contributed by atoms with Gasteiger partial charge in [-0.3, -0.25) is 9.59 Å². The van der Waals surface area contributed by atoms with Crippen molar-refractivity contribution in [3.8, 4) is 5.75 Å². The lowest BCUT2D eigenvalue weighted by molar-refractivity contribution is -0.124. The van der Waals surface area contributed by atoms with Crippen LogP contribution >= 0.6 is 0 Å². The zero-order valence-corrected chi connectivity index (χ0v) is 18.3. The molecule has 0 bridgehead atoms. The third-order valence-electron chi connectivity index (χ3n) is 5.18. The van der Waals surface area contributed by atoms with Gasteiger partial charge < -0.3 is 14.8 Å². The molecule has 0 radical (unpaired) electrons. The average Bonchev–Trinajstić information content (AvgIpc) is 2.84. The molecule has 0 spiro atoms. The molecule has 0 unspecified atom stereocenters. The van der Waals surface area contributed by atoms with Crippen LogP contribution in [0.2, 0.25) is 0 Å². The molecule has 1 aliphatic rings. The van der Waals surface area contributed by atoms with Crippen LogP contribution in [0.25, 0.3) is 0 Å². The van der Waals surface area contributed by atoms with Crippen molar-refractivity contribution in [3.63, 3.8) is 0 Å². The fraction of sp³-hybridized carbons (Fsp3) is 0.125. The molecule has 0 aliphatic carbocycles. The number of fused-ring (bicyclic) bond motifs is 2. The monoisotopic (exact) mass is 465 g/mol. The molecule has 168 valence electrons. The summed E-state index contributed by atoms with van der Waals surface area (Å²) in [6.45, 7) is -0.376. The van der Waals surface area contributed by atoms with Gasteiger partial charge in [0.2, 0.25) is 9.84 Å². The summed E-state index contributed by atoms with van der Waals surface area (Å²) in [6.07, 6.45) is 0. The molecule has 1 amide bonds. The Morgan fingerprint density at radius 3 is 2.39 bits per heavy atom. The number of ketones is 1. The molecule has 3 aromatic carbocycles. The molecule has 33 heavy (non-hydrogen) atoms. The number of esters is 1. The van der Waals surface area contributed by atoms with E-state index in [9.17, 15) is 22.8 Å². The van der Waals surface area contributed by atoms with Gasteiger partial charge in [0.1, 0.15) is 5.75 Å². The van der Waals surface area contributed by atoms with Crippen molar-refractivity contribution in [1.29, 1.82) is 0 Å². The summed E-state index contributed by atoms with van der Waals surface area (Å²) in [5.74, 6) is -1.25. The summed E-state index contributed by atoms with van der Waals surface area (Å²) >= 11 is 0. The fourth-order valence-electron chi connectivity index (χ4n) is 3.52. The average molecular weight is 465 g/mol. The quantitative estimate of drug-likeness (QED) is 0.435. The van der Waals surface area contributed by atoms with Crippen LogP contribution in [-0.2, 0) is 25.9 Å². The van der Waals surface area contributed by atoms with Crippen molar-refractivity contribution >= 4 is 27.5 Å². The minimum absolute atomic E-state index is 0.0141. The lowest BCUT2D eigenvalue weighted by Crippen LogP contribution is -2.28. The van der Waals surface area contributed by atoms with Crippen LogP contribution in [-0.4, -0.2) is 39.8 Å². The first-order valence-corrected chi connectivity index (χ1v) is 11.4. The van der Waals surface area contributed by atoms with E-state index in [4.69, 9.17) is 9.47 Å². The molecule has 8 nitrogen and oxygen atoms in total. The third kappa shape index (κ3) is 4.22. The maximum absolute atomic E-state index is 13.0. The number of rotatable bonds is 6. The van der Waals surface area contributed by atoms with E-state index in [1.165, 1.54) is 37.4 Å². The van der Waals surface area contributed by atoms with Crippen LogP contribution in [0.3, 0.4) is 0 Å². The lowest BCUT2D eigenvalue weighted by atomic mass is 10.0. The van der Waals surface area contributed by atoms with Gasteiger partial charge in [-0.25, -0.2) is 13.2 Å². The molecule has 1 N–H and O–H groups in total. The van der Waals surface area contributed by atoms with Gasteiger partial charge >= 0.3 is 5.97 Å². The molecule has 4 rings (SSSR count). The zero-order chi connectivity index (χ0) is 23.6. The SMILES string of the molecule is COc1ccccc1CNC(=O)COC(=O)c1ccc2c(c1)S(=O)(=O)c1ccccc1C2=O. The second-order valence-electron chi connectivity index (χ2n) is 7.20. The van der Waals surface area contributed by atoms with E-state index >= 15 is 0 Å². The number of amides is 1. The molecule has 1 aliphatic heterocycles. The summed E-state index contributed by atoms with van der Waals surface area (Å²) < 4.78 is 36.2. The second kappa shape index (κ2) is 8.87. The molecule has 0 saturated carbocycles. The minimum atomic E-state index is -3.99. The first-order valence-electron chi connectivity index (χ1n) is 9.91. The Hall–Kier alpha value is -3.98. The number of benzene rings is 3. The number of methoxy groups -OCH3 is 1. The maximum atomic E-state index is 13.0. The largest absolute Gasteiger partial charge is 0.496 e. The maximum Gasteiger partial charge on any atom is 0.338 e. The highest BCUT2D eigenvalue weighted by atomic mass is 32.2. The predicted octanol–water partition coefficient (Wildman–Crippen LogP) is 2.55. The van der Waals surface area contributed by atoms with Crippen LogP contribution in [0.5, 0.6) is 5.75 Å². The first kappa shape index (κ1) is 22.2. The van der Waals surface area contributed by atoms with Crippen LogP contribution in [0.1, 0.15) is 31.8 Å². The lowest BCUT2D eigenvalue weighted by Gasteiger charge is -2.19. The Labute approximate surface area is 190 Å². The molecule has 3 aromatic rings. The van der Waals surface area contributed by atoms with E-state index < -0.39 is 34.1 Å².